The molecule has 0 radical (unpaired) electrons. The van der Waals surface area contributed by atoms with Gasteiger partial charge in [0.05, 0.1) is 11.3 Å². The molecular weight excluding hydrogens is 228 g/mol. The Balaban J connectivity index is 2.24. The van der Waals surface area contributed by atoms with Crippen LogP contribution in [-0.2, 0) is 0 Å². The summed E-state index contributed by atoms with van der Waals surface area (Å²) in [4.78, 5) is 2.36. The molecule has 0 spiro atoms. The summed E-state index contributed by atoms with van der Waals surface area (Å²) in [6.07, 6.45) is 1.20. The maximum absolute atomic E-state index is 9.21. The van der Waals surface area contributed by atoms with Crippen LogP contribution in [0.1, 0.15) is 24.5 Å². The van der Waals surface area contributed by atoms with Gasteiger partial charge in [-0.3, -0.25) is 0 Å². The van der Waals surface area contributed by atoms with Crippen molar-refractivity contribution in [2.75, 3.05) is 23.7 Å². The molecule has 0 aromatic heterocycles. The van der Waals surface area contributed by atoms with Gasteiger partial charge in [-0.1, -0.05) is 13.0 Å². The number of aryl methyl sites for hydroxylation is 1. The monoisotopic (exact) mass is 246 g/mol. The molecule has 17 heavy (non-hydrogen) atoms. The summed E-state index contributed by atoms with van der Waals surface area (Å²) in [7, 11) is 0. The van der Waals surface area contributed by atoms with E-state index in [4.69, 9.17) is 0 Å². The van der Waals surface area contributed by atoms with E-state index in [0.29, 0.717) is 5.25 Å². The Labute approximate surface area is 108 Å². The highest BCUT2D eigenvalue weighted by Gasteiger charge is 2.20. The predicted molar refractivity (Wildman–Crippen MR) is 74.6 cm³/mol. The van der Waals surface area contributed by atoms with Crippen LogP contribution in [0.2, 0.25) is 0 Å². The molecule has 1 atom stereocenters. The SMILES string of the molecule is CCC1CN(c2ccc(C)cc2C#N)CCS1. The summed E-state index contributed by atoms with van der Waals surface area (Å²) in [5, 5.41) is 9.92. The molecule has 0 bridgehead atoms. The first-order valence-corrected chi connectivity index (χ1v) is 7.16. The van der Waals surface area contributed by atoms with Crippen LogP contribution in [0.5, 0.6) is 0 Å². The molecule has 2 nitrogen and oxygen atoms in total. The molecule has 1 fully saturated rings. The van der Waals surface area contributed by atoms with E-state index in [0.717, 1.165) is 35.7 Å². The number of thioether (sulfide) groups is 1. The molecule has 1 heterocycles. The fraction of sp³-hybridized carbons (Fsp3) is 0.500. The molecular formula is C14H18N2S. The van der Waals surface area contributed by atoms with E-state index in [2.05, 4.69) is 41.8 Å². The third-order valence-electron chi connectivity index (χ3n) is 3.21. The summed E-state index contributed by atoms with van der Waals surface area (Å²) in [5.41, 5.74) is 3.08. The molecule has 0 N–H and O–H groups in total. The second kappa shape index (κ2) is 5.46. The topological polar surface area (TPSA) is 27.0 Å². The molecule has 0 aliphatic carbocycles. The second-order valence-corrected chi connectivity index (χ2v) is 5.89. The van der Waals surface area contributed by atoms with Crippen molar-refractivity contribution in [1.29, 1.82) is 5.26 Å². The van der Waals surface area contributed by atoms with E-state index in [-0.39, 0.29) is 0 Å². The van der Waals surface area contributed by atoms with Crippen molar-refractivity contribution < 1.29 is 0 Å². The smallest absolute Gasteiger partial charge is 0.101 e. The molecule has 3 heteroatoms. The van der Waals surface area contributed by atoms with Gasteiger partial charge in [0.25, 0.3) is 0 Å². The van der Waals surface area contributed by atoms with Crippen LogP contribution < -0.4 is 4.90 Å². The summed E-state index contributed by atoms with van der Waals surface area (Å²) < 4.78 is 0. The Morgan fingerprint density at radius 1 is 1.53 bits per heavy atom. The van der Waals surface area contributed by atoms with Crippen LogP contribution in [-0.4, -0.2) is 24.1 Å². The number of anilines is 1. The number of nitrogens with zero attached hydrogens (tertiary/aromatic N) is 2. The van der Waals surface area contributed by atoms with Crippen LogP contribution >= 0.6 is 11.8 Å². The lowest BCUT2D eigenvalue weighted by atomic mass is 10.1. The number of benzene rings is 1. The van der Waals surface area contributed by atoms with E-state index >= 15 is 0 Å². The fourth-order valence-electron chi connectivity index (χ4n) is 2.20. The van der Waals surface area contributed by atoms with E-state index in [1.165, 1.54) is 6.42 Å². The minimum Gasteiger partial charge on any atom is -0.369 e. The van der Waals surface area contributed by atoms with E-state index < -0.39 is 0 Å². The Hall–Kier alpha value is -1.14. The zero-order chi connectivity index (χ0) is 12.3. The Morgan fingerprint density at radius 3 is 3.06 bits per heavy atom. The minimum atomic E-state index is 0.705. The largest absolute Gasteiger partial charge is 0.369 e. The number of hydrogen-bond donors (Lipinski definition) is 0. The molecule has 90 valence electrons. The first kappa shape index (κ1) is 12.3. The van der Waals surface area contributed by atoms with Crippen LogP contribution in [0, 0.1) is 18.3 Å². The standard InChI is InChI=1S/C14H18N2S/c1-3-13-10-16(6-7-17-13)14-5-4-11(2)8-12(14)9-15/h4-5,8,13H,3,6-7,10H2,1-2H3. The van der Waals surface area contributed by atoms with Crippen molar-refractivity contribution in [2.45, 2.75) is 25.5 Å². The van der Waals surface area contributed by atoms with Gasteiger partial charge in [-0.15, -0.1) is 0 Å². The average Bonchev–Trinajstić information content (AvgIpc) is 2.38. The van der Waals surface area contributed by atoms with Crippen LogP contribution in [0.3, 0.4) is 0 Å². The van der Waals surface area contributed by atoms with E-state index in [9.17, 15) is 5.26 Å². The molecule has 1 aromatic carbocycles. The second-order valence-electron chi connectivity index (χ2n) is 4.48. The van der Waals surface area contributed by atoms with Gasteiger partial charge in [0, 0.05) is 24.1 Å². The Morgan fingerprint density at radius 2 is 2.35 bits per heavy atom. The van der Waals surface area contributed by atoms with E-state index in [1.54, 1.807) is 0 Å². The molecule has 0 amide bonds. The zero-order valence-corrected chi connectivity index (χ0v) is 11.3. The van der Waals surface area contributed by atoms with Crippen molar-refractivity contribution in [1.82, 2.24) is 0 Å². The van der Waals surface area contributed by atoms with Gasteiger partial charge in [-0.25, -0.2) is 0 Å². The number of rotatable bonds is 2. The summed E-state index contributed by atoms with van der Waals surface area (Å²) in [6, 6.07) is 8.49. The molecule has 1 saturated heterocycles. The first-order valence-electron chi connectivity index (χ1n) is 6.12. The minimum absolute atomic E-state index is 0.705. The van der Waals surface area contributed by atoms with Crippen molar-refractivity contribution in [3.05, 3.63) is 29.3 Å². The van der Waals surface area contributed by atoms with Crippen molar-refractivity contribution >= 4 is 17.4 Å². The summed E-state index contributed by atoms with van der Waals surface area (Å²) in [6.45, 7) is 6.39. The molecule has 1 aromatic rings. The van der Waals surface area contributed by atoms with Gasteiger partial charge >= 0.3 is 0 Å². The highest BCUT2D eigenvalue weighted by molar-refractivity contribution is 8.00. The van der Waals surface area contributed by atoms with Crippen LogP contribution in [0.15, 0.2) is 18.2 Å². The van der Waals surface area contributed by atoms with Crippen LogP contribution in [0.25, 0.3) is 0 Å². The normalized spacial score (nSPS) is 20.1. The maximum Gasteiger partial charge on any atom is 0.101 e. The number of nitriles is 1. The predicted octanol–water partition coefficient (Wildman–Crippen LogP) is 3.20. The average molecular weight is 246 g/mol. The lowest BCUT2D eigenvalue weighted by Gasteiger charge is -2.34. The molecule has 1 unspecified atom stereocenters. The Bertz CT molecular complexity index is 436. The summed E-state index contributed by atoms with van der Waals surface area (Å²) >= 11 is 2.05. The highest BCUT2D eigenvalue weighted by Crippen LogP contribution is 2.28. The highest BCUT2D eigenvalue weighted by atomic mass is 32.2. The molecule has 1 aliphatic heterocycles. The fourth-order valence-corrected chi connectivity index (χ4v) is 3.38. The molecule has 0 saturated carbocycles. The van der Waals surface area contributed by atoms with Crippen molar-refractivity contribution in [2.24, 2.45) is 0 Å². The van der Waals surface area contributed by atoms with Crippen molar-refractivity contribution in [3.63, 3.8) is 0 Å². The quantitative estimate of drug-likeness (QED) is 0.802. The van der Waals surface area contributed by atoms with Gasteiger partial charge in [-0.05, 0) is 31.0 Å². The van der Waals surface area contributed by atoms with Gasteiger partial charge in [-0.2, -0.15) is 17.0 Å². The third kappa shape index (κ3) is 2.76. The third-order valence-corrected chi connectivity index (χ3v) is 4.58. The van der Waals surface area contributed by atoms with E-state index in [1.807, 2.05) is 13.0 Å². The lowest BCUT2D eigenvalue weighted by Crippen LogP contribution is -2.38. The summed E-state index contributed by atoms with van der Waals surface area (Å²) in [5.74, 6) is 1.16. The Kier molecular flexibility index (Phi) is 3.96. The lowest BCUT2D eigenvalue weighted by molar-refractivity contribution is 0.727. The first-order chi connectivity index (χ1) is 8.24. The van der Waals surface area contributed by atoms with Gasteiger partial charge in [0.1, 0.15) is 6.07 Å². The molecule has 1 aliphatic rings. The zero-order valence-electron chi connectivity index (χ0n) is 10.4. The van der Waals surface area contributed by atoms with Crippen LogP contribution in [0.4, 0.5) is 5.69 Å². The van der Waals surface area contributed by atoms with Gasteiger partial charge < -0.3 is 4.90 Å². The van der Waals surface area contributed by atoms with Gasteiger partial charge in [0.2, 0.25) is 0 Å². The van der Waals surface area contributed by atoms with Crippen molar-refractivity contribution in [3.8, 4) is 6.07 Å². The maximum atomic E-state index is 9.21. The number of hydrogen-bond acceptors (Lipinski definition) is 3. The molecule has 2 rings (SSSR count). The van der Waals surface area contributed by atoms with Gasteiger partial charge in [0.15, 0.2) is 0 Å².